The van der Waals surface area contributed by atoms with Crippen LogP contribution in [-0.2, 0) is 9.05 Å². The summed E-state index contributed by atoms with van der Waals surface area (Å²) in [4.78, 5) is 0. The van der Waals surface area contributed by atoms with Crippen molar-refractivity contribution in [3.63, 3.8) is 0 Å². The Kier molecular flexibility index (Phi) is 3.95. The predicted molar refractivity (Wildman–Crippen MR) is 52.4 cm³/mol. The van der Waals surface area contributed by atoms with Gasteiger partial charge in [-0.1, -0.05) is 0 Å². The molecule has 0 fully saturated rings. The van der Waals surface area contributed by atoms with Gasteiger partial charge in [0.05, 0.1) is 5.75 Å². The van der Waals surface area contributed by atoms with Gasteiger partial charge in [0.15, 0.2) is 0 Å². The lowest BCUT2D eigenvalue weighted by atomic mass is 10.6. The van der Waals surface area contributed by atoms with Crippen LogP contribution in [0.1, 0.15) is 0 Å². The first-order valence-corrected chi connectivity index (χ1v) is 6.87. The summed E-state index contributed by atoms with van der Waals surface area (Å²) in [5, 5.41) is 8.12. The molecule has 72 valence electrons. The van der Waals surface area contributed by atoms with Gasteiger partial charge >= 0.3 is 0 Å². The van der Waals surface area contributed by atoms with E-state index in [1.54, 1.807) is 18.3 Å². The largest absolute Gasteiger partial charge is 0.233 e. The molecule has 7 heteroatoms. The summed E-state index contributed by atoms with van der Waals surface area (Å²) in [7, 11) is 1.63. The quantitative estimate of drug-likeness (QED) is 0.582. The van der Waals surface area contributed by atoms with Crippen molar-refractivity contribution in [3.8, 4) is 0 Å². The smallest absolute Gasteiger partial charge is 0.212 e. The molecular formula is C6H7ClN2O2S2. The molecule has 1 aromatic heterocycles. The first kappa shape index (κ1) is 10.7. The van der Waals surface area contributed by atoms with E-state index in [1.165, 1.54) is 11.8 Å². The minimum Gasteiger partial charge on any atom is -0.212 e. The molecule has 0 radical (unpaired) electrons. The van der Waals surface area contributed by atoms with Crippen LogP contribution in [0, 0.1) is 0 Å². The summed E-state index contributed by atoms with van der Waals surface area (Å²) in [5.41, 5.74) is 0. The van der Waals surface area contributed by atoms with Crippen molar-refractivity contribution in [2.45, 2.75) is 5.03 Å². The highest BCUT2D eigenvalue weighted by Crippen LogP contribution is 2.14. The van der Waals surface area contributed by atoms with E-state index < -0.39 is 9.05 Å². The highest BCUT2D eigenvalue weighted by atomic mass is 35.7. The maximum Gasteiger partial charge on any atom is 0.233 e. The van der Waals surface area contributed by atoms with Crippen LogP contribution in [0.5, 0.6) is 0 Å². The number of hydrogen-bond donors (Lipinski definition) is 0. The first-order valence-electron chi connectivity index (χ1n) is 3.41. The van der Waals surface area contributed by atoms with Gasteiger partial charge in [-0.2, -0.15) is 5.10 Å². The van der Waals surface area contributed by atoms with Crippen molar-refractivity contribution in [1.82, 2.24) is 10.2 Å². The van der Waals surface area contributed by atoms with Crippen LogP contribution in [0.2, 0.25) is 0 Å². The third-order valence-corrected chi connectivity index (χ3v) is 3.46. The van der Waals surface area contributed by atoms with E-state index in [0.717, 1.165) is 0 Å². The molecule has 4 nitrogen and oxygen atoms in total. The number of aromatic nitrogens is 2. The molecule has 13 heavy (non-hydrogen) atoms. The van der Waals surface area contributed by atoms with Crippen LogP contribution < -0.4 is 0 Å². The van der Waals surface area contributed by atoms with Crippen molar-refractivity contribution in [2.75, 3.05) is 11.5 Å². The Morgan fingerprint density at radius 3 is 2.85 bits per heavy atom. The van der Waals surface area contributed by atoms with E-state index in [2.05, 4.69) is 10.2 Å². The third-order valence-electron chi connectivity index (χ3n) is 1.12. The highest BCUT2D eigenvalue weighted by molar-refractivity contribution is 8.14. The number of halogens is 1. The zero-order valence-corrected chi connectivity index (χ0v) is 8.94. The van der Waals surface area contributed by atoms with E-state index in [4.69, 9.17) is 10.7 Å². The molecule has 0 aliphatic rings. The number of nitrogens with zero attached hydrogens (tertiary/aromatic N) is 2. The summed E-state index contributed by atoms with van der Waals surface area (Å²) in [6.07, 6.45) is 1.56. The van der Waals surface area contributed by atoms with Crippen LogP contribution >= 0.6 is 22.4 Å². The fraction of sp³-hybridized carbons (Fsp3) is 0.333. The lowest BCUT2D eigenvalue weighted by Gasteiger charge is -1.96. The van der Waals surface area contributed by atoms with Crippen molar-refractivity contribution < 1.29 is 8.42 Å². The maximum atomic E-state index is 10.5. The molecule has 0 aliphatic heterocycles. The van der Waals surface area contributed by atoms with Gasteiger partial charge in [0.25, 0.3) is 0 Å². The normalized spacial score (nSPS) is 11.5. The first-order chi connectivity index (χ1) is 6.08. The van der Waals surface area contributed by atoms with Gasteiger partial charge in [0.2, 0.25) is 9.05 Å². The minimum atomic E-state index is -3.39. The Balaban J connectivity index is 2.37. The lowest BCUT2D eigenvalue weighted by Crippen LogP contribution is -1.99. The highest BCUT2D eigenvalue weighted by Gasteiger charge is 2.05. The summed E-state index contributed by atoms with van der Waals surface area (Å²) >= 11 is 1.31. The molecule has 0 atom stereocenters. The average Bonchev–Trinajstić information content (AvgIpc) is 2.04. The van der Waals surface area contributed by atoms with Crippen LogP contribution in [0.15, 0.2) is 23.4 Å². The van der Waals surface area contributed by atoms with Crippen LogP contribution in [0.25, 0.3) is 0 Å². The molecule has 0 aromatic carbocycles. The Labute approximate surface area is 85.1 Å². The van der Waals surface area contributed by atoms with E-state index in [0.29, 0.717) is 10.8 Å². The molecule has 0 saturated heterocycles. The molecule has 0 amide bonds. The van der Waals surface area contributed by atoms with Gasteiger partial charge in [0, 0.05) is 22.6 Å². The molecule has 1 heterocycles. The Bertz CT molecular complexity index is 354. The summed E-state index contributed by atoms with van der Waals surface area (Å²) in [5.74, 6) is 0.334. The fourth-order valence-electron chi connectivity index (χ4n) is 0.610. The Morgan fingerprint density at radius 2 is 2.31 bits per heavy atom. The number of thioether (sulfide) groups is 1. The van der Waals surface area contributed by atoms with Gasteiger partial charge in [-0.3, -0.25) is 0 Å². The molecule has 0 N–H and O–H groups in total. The van der Waals surface area contributed by atoms with Crippen LogP contribution in [0.3, 0.4) is 0 Å². The predicted octanol–water partition coefficient (Wildman–Crippen LogP) is 1.14. The number of rotatable bonds is 4. The average molecular weight is 239 g/mol. The second kappa shape index (κ2) is 4.78. The van der Waals surface area contributed by atoms with Crippen LogP contribution in [0.4, 0.5) is 0 Å². The van der Waals surface area contributed by atoms with E-state index in [-0.39, 0.29) is 5.75 Å². The molecule has 0 spiro atoms. The second-order valence-electron chi connectivity index (χ2n) is 2.15. The van der Waals surface area contributed by atoms with E-state index in [1.807, 2.05) is 0 Å². The standard InChI is InChI=1S/C6H7ClN2O2S2/c7-13(10,11)5-4-12-6-2-1-3-8-9-6/h1-3H,4-5H2. The molecule has 1 aromatic rings. The topological polar surface area (TPSA) is 59.9 Å². The zero-order chi connectivity index (χ0) is 9.73. The van der Waals surface area contributed by atoms with Gasteiger partial charge in [-0.15, -0.1) is 16.9 Å². The van der Waals surface area contributed by atoms with E-state index >= 15 is 0 Å². The summed E-state index contributed by atoms with van der Waals surface area (Å²) in [6.45, 7) is 0. The SMILES string of the molecule is O=S(=O)(Cl)CCSc1cccnn1. The van der Waals surface area contributed by atoms with Crippen molar-refractivity contribution in [1.29, 1.82) is 0 Å². The fourth-order valence-corrected chi connectivity index (χ4v) is 2.80. The van der Waals surface area contributed by atoms with Gasteiger partial charge in [-0.05, 0) is 12.1 Å². The van der Waals surface area contributed by atoms with Crippen molar-refractivity contribution in [3.05, 3.63) is 18.3 Å². The maximum absolute atomic E-state index is 10.5. The molecule has 0 bridgehead atoms. The Hall–Kier alpha value is -0.330. The van der Waals surface area contributed by atoms with Crippen molar-refractivity contribution in [2.24, 2.45) is 0 Å². The van der Waals surface area contributed by atoms with Crippen molar-refractivity contribution >= 4 is 31.5 Å². The van der Waals surface area contributed by atoms with Gasteiger partial charge in [0.1, 0.15) is 5.03 Å². The van der Waals surface area contributed by atoms with E-state index in [9.17, 15) is 8.42 Å². The molecule has 1 rings (SSSR count). The summed E-state index contributed by atoms with van der Waals surface area (Å²) in [6, 6.07) is 3.50. The van der Waals surface area contributed by atoms with Gasteiger partial charge < -0.3 is 0 Å². The molecular weight excluding hydrogens is 232 g/mol. The third kappa shape index (κ3) is 5.07. The second-order valence-corrected chi connectivity index (χ2v) is 6.17. The summed E-state index contributed by atoms with van der Waals surface area (Å²) < 4.78 is 21.1. The van der Waals surface area contributed by atoms with Crippen LogP contribution in [-0.4, -0.2) is 30.1 Å². The zero-order valence-electron chi connectivity index (χ0n) is 6.55. The molecule has 0 saturated carbocycles. The van der Waals surface area contributed by atoms with Gasteiger partial charge in [-0.25, -0.2) is 8.42 Å². The minimum absolute atomic E-state index is 0.0597. The Morgan fingerprint density at radius 1 is 1.54 bits per heavy atom. The monoisotopic (exact) mass is 238 g/mol. The molecule has 0 aliphatic carbocycles. The number of hydrogen-bond acceptors (Lipinski definition) is 5. The molecule has 0 unspecified atom stereocenters. The lowest BCUT2D eigenvalue weighted by molar-refractivity contribution is 0.611.